The standard InChI is InChI=1S/C26H22ClNO4/c27-19-12-11-17(18(14-19)15-25(29)30)6-5-13-28-26(31)32-16-24-22-9-3-1-7-20(22)21-8-2-4-10-23(21)24/h1-12,14,24H,13,15-16H2,(H,28,31)(H,29,30). The highest BCUT2D eigenvalue weighted by Gasteiger charge is 2.28. The van der Waals surface area contributed by atoms with Crippen LogP contribution in [0.3, 0.4) is 0 Å². The van der Waals surface area contributed by atoms with Gasteiger partial charge in [-0.2, -0.15) is 0 Å². The summed E-state index contributed by atoms with van der Waals surface area (Å²) in [5.41, 5.74) is 6.04. The van der Waals surface area contributed by atoms with E-state index in [2.05, 4.69) is 29.6 Å². The molecule has 0 aliphatic heterocycles. The Bertz CT molecular complexity index is 1140. The van der Waals surface area contributed by atoms with Crippen LogP contribution in [-0.2, 0) is 16.0 Å². The average Bonchev–Trinajstić information content (AvgIpc) is 3.10. The first-order chi connectivity index (χ1) is 15.5. The van der Waals surface area contributed by atoms with Gasteiger partial charge in [-0.3, -0.25) is 4.79 Å². The van der Waals surface area contributed by atoms with Gasteiger partial charge in [-0.1, -0.05) is 78.4 Å². The fraction of sp³-hybridized carbons (Fsp3) is 0.154. The summed E-state index contributed by atoms with van der Waals surface area (Å²) >= 11 is 5.96. The normalized spacial score (nSPS) is 12.4. The number of carboxylic acid groups (broad SMARTS) is 1. The number of amides is 1. The number of carboxylic acids is 1. The lowest BCUT2D eigenvalue weighted by molar-refractivity contribution is -0.136. The van der Waals surface area contributed by atoms with E-state index in [0.717, 1.165) is 16.7 Å². The molecule has 6 heteroatoms. The Kier molecular flexibility index (Phi) is 6.57. The quantitative estimate of drug-likeness (QED) is 0.500. The summed E-state index contributed by atoms with van der Waals surface area (Å²) in [6.45, 7) is 0.509. The summed E-state index contributed by atoms with van der Waals surface area (Å²) in [4.78, 5) is 23.3. The molecule has 3 aromatic rings. The minimum atomic E-state index is -0.932. The number of carbonyl (C=O) groups is 2. The predicted molar refractivity (Wildman–Crippen MR) is 125 cm³/mol. The van der Waals surface area contributed by atoms with Crippen LogP contribution >= 0.6 is 11.6 Å². The predicted octanol–water partition coefficient (Wildman–Crippen LogP) is 5.52. The number of nitrogens with one attached hydrogen (secondary N) is 1. The van der Waals surface area contributed by atoms with Gasteiger partial charge in [0.2, 0.25) is 0 Å². The van der Waals surface area contributed by atoms with Crippen molar-refractivity contribution in [2.24, 2.45) is 0 Å². The van der Waals surface area contributed by atoms with Gasteiger partial charge in [-0.15, -0.1) is 0 Å². The van der Waals surface area contributed by atoms with Gasteiger partial charge in [0.05, 0.1) is 6.42 Å². The molecule has 0 bridgehead atoms. The fourth-order valence-corrected chi connectivity index (χ4v) is 4.23. The average molecular weight is 448 g/mol. The van der Waals surface area contributed by atoms with Crippen molar-refractivity contribution in [1.82, 2.24) is 5.32 Å². The Morgan fingerprint density at radius 3 is 2.31 bits per heavy atom. The van der Waals surface area contributed by atoms with Gasteiger partial charge in [-0.05, 0) is 45.5 Å². The van der Waals surface area contributed by atoms with E-state index in [9.17, 15) is 9.59 Å². The molecular formula is C26H22ClNO4. The van der Waals surface area contributed by atoms with Crippen molar-refractivity contribution < 1.29 is 19.4 Å². The third-order valence-electron chi connectivity index (χ3n) is 5.45. The van der Waals surface area contributed by atoms with E-state index in [1.165, 1.54) is 11.1 Å². The molecule has 5 nitrogen and oxygen atoms in total. The molecule has 1 aliphatic carbocycles. The zero-order valence-electron chi connectivity index (χ0n) is 17.3. The van der Waals surface area contributed by atoms with Gasteiger partial charge in [0, 0.05) is 17.5 Å². The molecule has 0 fully saturated rings. The van der Waals surface area contributed by atoms with Crippen molar-refractivity contribution in [3.8, 4) is 11.1 Å². The van der Waals surface area contributed by atoms with Gasteiger partial charge >= 0.3 is 12.1 Å². The third-order valence-corrected chi connectivity index (χ3v) is 5.69. The van der Waals surface area contributed by atoms with Crippen molar-refractivity contribution in [2.75, 3.05) is 13.2 Å². The molecule has 0 saturated carbocycles. The molecule has 0 saturated heterocycles. The largest absolute Gasteiger partial charge is 0.481 e. The molecule has 0 aromatic heterocycles. The molecule has 32 heavy (non-hydrogen) atoms. The van der Waals surface area contributed by atoms with E-state index >= 15 is 0 Å². The van der Waals surface area contributed by atoms with Crippen LogP contribution in [0.15, 0.2) is 72.8 Å². The van der Waals surface area contributed by atoms with Crippen molar-refractivity contribution >= 4 is 29.7 Å². The molecule has 0 spiro atoms. The highest BCUT2D eigenvalue weighted by molar-refractivity contribution is 6.30. The molecular weight excluding hydrogens is 426 g/mol. The first-order valence-corrected chi connectivity index (χ1v) is 10.7. The number of halogens is 1. The minimum absolute atomic E-state index is 0.0105. The van der Waals surface area contributed by atoms with Crippen LogP contribution in [-0.4, -0.2) is 30.3 Å². The maximum atomic E-state index is 12.2. The van der Waals surface area contributed by atoms with Gasteiger partial charge in [0.25, 0.3) is 0 Å². The lowest BCUT2D eigenvalue weighted by atomic mass is 9.98. The van der Waals surface area contributed by atoms with Crippen LogP contribution in [0.25, 0.3) is 17.2 Å². The molecule has 1 aliphatic rings. The third kappa shape index (κ3) is 4.84. The monoisotopic (exact) mass is 447 g/mol. The zero-order chi connectivity index (χ0) is 22.5. The van der Waals surface area contributed by atoms with Gasteiger partial charge in [-0.25, -0.2) is 4.79 Å². The number of ether oxygens (including phenoxy) is 1. The SMILES string of the molecule is O=C(O)Cc1cc(Cl)ccc1C=CCNC(=O)OCC1c2ccccc2-c2ccccc21. The molecule has 0 radical (unpaired) electrons. The summed E-state index contributed by atoms with van der Waals surface area (Å²) in [5.74, 6) is -0.921. The van der Waals surface area contributed by atoms with Crippen LogP contribution in [0, 0.1) is 0 Å². The Hall–Kier alpha value is -3.57. The first-order valence-electron chi connectivity index (χ1n) is 10.3. The Morgan fingerprint density at radius 2 is 1.66 bits per heavy atom. The van der Waals surface area contributed by atoms with E-state index in [1.54, 1.807) is 30.4 Å². The molecule has 0 atom stereocenters. The lowest BCUT2D eigenvalue weighted by Gasteiger charge is -2.14. The summed E-state index contributed by atoms with van der Waals surface area (Å²) in [6, 6.07) is 21.4. The number of benzene rings is 3. The van der Waals surface area contributed by atoms with Crippen molar-refractivity contribution in [2.45, 2.75) is 12.3 Å². The van der Waals surface area contributed by atoms with Crippen LogP contribution < -0.4 is 5.32 Å². The summed E-state index contributed by atoms with van der Waals surface area (Å²) < 4.78 is 5.50. The molecule has 1 amide bonds. The number of alkyl carbamates (subject to hydrolysis) is 1. The molecule has 162 valence electrons. The molecule has 0 unspecified atom stereocenters. The number of carbonyl (C=O) groups excluding carboxylic acids is 1. The smallest absolute Gasteiger partial charge is 0.407 e. The second-order valence-electron chi connectivity index (χ2n) is 7.52. The number of aliphatic carboxylic acids is 1. The van der Waals surface area contributed by atoms with E-state index < -0.39 is 12.1 Å². The van der Waals surface area contributed by atoms with E-state index in [0.29, 0.717) is 10.6 Å². The maximum Gasteiger partial charge on any atom is 0.407 e. The van der Waals surface area contributed by atoms with Crippen LogP contribution in [0.5, 0.6) is 0 Å². The van der Waals surface area contributed by atoms with Crippen molar-refractivity contribution in [3.63, 3.8) is 0 Å². The summed E-state index contributed by atoms with van der Waals surface area (Å²) in [5, 5.41) is 12.2. The lowest BCUT2D eigenvalue weighted by Crippen LogP contribution is -2.26. The van der Waals surface area contributed by atoms with Crippen LogP contribution in [0.2, 0.25) is 5.02 Å². The molecule has 4 rings (SSSR count). The summed E-state index contributed by atoms with van der Waals surface area (Å²) in [7, 11) is 0. The number of rotatable bonds is 7. The van der Waals surface area contributed by atoms with Crippen molar-refractivity contribution in [1.29, 1.82) is 0 Å². The number of fused-ring (bicyclic) bond motifs is 3. The fourth-order valence-electron chi connectivity index (χ4n) is 4.03. The molecule has 0 heterocycles. The first kappa shape index (κ1) is 21.7. The van der Waals surface area contributed by atoms with Crippen LogP contribution in [0.1, 0.15) is 28.2 Å². The van der Waals surface area contributed by atoms with Crippen LogP contribution in [0.4, 0.5) is 4.79 Å². The van der Waals surface area contributed by atoms with Gasteiger partial charge in [0.15, 0.2) is 0 Å². The van der Waals surface area contributed by atoms with Gasteiger partial charge in [0.1, 0.15) is 6.61 Å². The van der Waals surface area contributed by atoms with E-state index in [4.69, 9.17) is 21.4 Å². The molecule has 3 aromatic carbocycles. The second kappa shape index (κ2) is 9.71. The highest BCUT2D eigenvalue weighted by atomic mass is 35.5. The van der Waals surface area contributed by atoms with Gasteiger partial charge < -0.3 is 15.2 Å². The Balaban J connectivity index is 1.34. The summed E-state index contributed by atoms with van der Waals surface area (Å²) in [6.07, 6.45) is 2.88. The highest BCUT2D eigenvalue weighted by Crippen LogP contribution is 2.44. The second-order valence-corrected chi connectivity index (χ2v) is 7.96. The minimum Gasteiger partial charge on any atom is -0.481 e. The topological polar surface area (TPSA) is 75.6 Å². The number of hydrogen-bond acceptors (Lipinski definition) is 3. The molecule has 2 N–H and O–H groups in total. The zero-order valence-corrected chi connectivity index (χ0v) is 18.0. The van der Waals surface area contributed by atoms with E-state index in [1.807, 2.05) is 24.3 Å². The Morgan fingerprint density at radius 1 is 1.00 bits per heavy atom. The Labute approximate surface area is 191 Å². The van der Waals surface area contributed by atoms with E-state index in [-0.39, 0.29) is 25.5 Å². The number of hydrogen-bond donors (Lipinski definition) is 2. The maximum absolute atomic E-state index is 12.2. The van der Waals surface area contributed by atoms with Crippen molar-refractivity contribution in [3.05, 3.63) is 100 Å².